The SMILES string of the molecule is [CH2-]c1cc(C(C)C)ccc1-c1ccc([Si](C)(C)C)c[n+]1[CH2-].[CH2-]c1cc2oc3cc(-c4ccc(C)cc4)ccc3c2cc1-c1cc(CC(C)(C)C)cc[n+]1[CH2-].[Ir]. The van der Waals surface area contributed by atoms with E-state index in [4.69, 9.17) is 4.42 Å². The maximum absolute atomic E-state index is 6.27. The monoisotopic (exact) mass is 921 g/mol. The maximum Gasteiger partial charge on any atom is 0.134 e. The molecule has 4 aromatic carbocycles. The van der Waals surface area contributed by atoms with Crippen LogP contribution in [0.25, 0.3) is 55.6 Å². The minimum absolute atomic E-state index is 0. The van der Waals surface area contributed by atoms with Crippen LogP contribution in [0.4, 0.5) is 0 Å². The number of rotatable bonds is 6. The molecule has 0 amide bonds. The van der Waals surface area contributed by atoms with Gasteiger partial charge in [0.15, 0.2) is 0 Å². The van der Waals surface area contributed by atoms with Crippen LogP contribution in [0.5, 0.6) is 0 Å². The van der Waals surface area contributed by atoms with Crippen molar-refractivity contribution in [2.75, 3.05) is 0 Å². The van der Waals surface area contributed by atoms with Crippen molar-refractivity contribution >= 4 is 35.2 Å². The van der Waals surface area contributed by atoms with Gasteiger partial charge in [0.05, 0.1) is 37.4 Å². The van der Waals surface area contributed by atoms with Crippen molar-refractivity contribution in [3.8, 4) is 33.6 Å². The fourth-order valence-electron chi connectivity index (χ4n) is 7.01. The van der Waals surface area contributed by atoms with Gasteiger partial charge in [-0.2, -0.15) is 31.0 Å². The normalized spacial score (nSPS) is 11.7. The van der Waals surface area contributed by atoms with Crippen molar-refractivity contribution in [2.24, 2.45) is 5.41 Å². The van der Waals surface area contributed by atoms with Crippen molar-refractivity contribution in [1.29, 1.82) is 0 Å². The zero-order chi connectivity index (χ0) is 39.1. The Morgan fingerprint density at radius 3 is 1.95 bits per heavy atom. The number of aromatic nitrogens is 2. The number of benzene rings is 4. The first-order valence-electron chi connectivity index (χ1n) is 19.0. The van der Waals surface area contributed by atoms with Gasteiger partial charge in [-0.15, -0.1) is 34.9 Å². The Kier molecular flexibility index (Phi) is 12.2. The molecule has 0 saturated carbocycles. The van der Waals surface area contributed by atoms with Crippen LogP contribution in [0.2, 0.25) is 19.6 Å². The van der Waals surface area contributed by atoms with Gasteiger partial charge in [-0.25, -0.2) is 0 Å². The van der Waals surface area contributed by atoms with E-state index in [9.17, 15) is 0 Å². The van der Waals surface area contributed by atoms with E-state index < -0.39 is 8.07 Å². The van der Waals surface area contributed by atoms with E-state index >= 15 is 0 Å². The second kappa shape index (κ2) is 16.2. The van der Waals surface area contributed by atoms with Crippen LogP contribution in [-0.4, -0.2) is 8.07 Å². The molecular formula is C50H56IrN2OSi-2. The van der Waals surface area contributed by atoms with Crippen LogP contribution < -0.4 is 14.3 Å². The first-order valence-corrected chi connectivity index (χ1v) is 22.5. The van der Waals surface area contributed by atoms with Crippen LogP contribution >= 0.6 is 0 Å². The third-order valence-corrected chi connectivity index (χ3v) is 12.2. The van der Waals surface area contributed by atoms with Crippen LogP contribution in [0.1, 0.15) is 68.4 Å². The number of aryl methyl sites for hydroxylation is 1. The molecule has 1 radical (unpaired) electrons. The van der Waals surface area contributed by atoms with Gasteiger partial charge in [-0.3, -0.25) is 0 Å². The number of nitrogens with zero attached hydrogens (tertiary/aromatic N) is 2. The Morgan fingerprint density at radius 2 is 1.33 bits per heavy atom. The molecule has 5 heteroatoms. The zero-order valence-corrected chi connectivity index (χ0v) is 37.5. The fourth-order valence-corrected chi connectivity index (χ4v) is 8.14. The molecule has 3 heterocycles. The predicted octanol–water partition coefficient (Wildman–Crippen LogP) is 12.1. The summed E-state index contributed by atoms with van der Waals surface area (Å²) in [6, 6.07) is 34.7. The fraction of sp³-hybridized carbons (Fsp3) is 0.240. The molecule has 0 aliphatic heterocycles. The summed E-state index contributed by atoms with van der Waals surface area (Å²) in [7, 11) is 7.10. The van der Waals surface area contributed by atoms with Crippen LogP contribution in [0.15, 0.2) is 114 Å². The van der Waals surface area contributed by atoms with Crippen molar-refractivity contribution in [3.05, 3.63) is 165 Å². The summed E-state index contributed by atoms with van der Waals surface area (Å²) in [5, 5.41) is 3.64. The standard InChI is InChI=1S/C31H30NO.C19H26NSi.Ir/c1-20-7-9-23(10-8-20)24-11-12-25-27-18-26(21(2)15-29(27)33-30(25)17-24)28-16-22(13-14-32(28)6)19-31(3,4)5;1-14(2)16-8-10-18(15(3)12-16)19-11-9-17(13-20(19)4)21(5,6)7;/h7-18H,2,6,19H2,1,3-5H3;8-14H,3-4H2,1-2,5-7H3;/q2*-1;. The first kappa shape index (κ1) is 41.5. The number of hydrogen-bond donors (Lipinski definition) is 0. The van der Waals surface area contributed by atoms with E-state index in [1.165, 1.54) is 27.4 Å². The average molecular weight is 921 g/mol. The molecule has 0 aliphatic rings. The van der Waals surface area contributed by atoms with Crippen molar-refractivity contribution in [3.63, 3.8) is 0 Å². The topological polar surface area (TPSA) is 20.9 Å². The first-order chi connectivity index (χ1) is 25.4. The molecule has 0 N–H and O–H groups in total. The Balaban J connectivity index is 0.000000229. The van der Waals surface area contributed by atoms with E-state index in [1.807, 2.05) is 21.4 Å². The average Bonchev–Trinajstić information content (AvgIpc) is 3.45. The van der Waals surface area contributed by atoms with Crippen molar-refractivity contribution < 1.29 is 33.7 Å². The molecule has 3 nitrogen and oxygen atoms in total. The molecule has 0 fully saturated rings. The van der Waals surface area contributed by atoms with Crippen LogP contribution in [0.3, 0.4) is 0 Å². The summed E-state index contributed by atoms with van der Waals surface area (Å²) in [4.78, 5) is 0. The van der Waals surface area contributed by atoms with Gasteiger partial charge >= 0.3 is 0 Å². The number of fused-ring (bicyclic) bond motifs is 3. The Hall–Kier alpha value is -4.67. The summed E-state index contributed by atoms with van der Waals surface area (Å²) in [6.45, 7) is 28.9. The van der Waals surface area contributed by atoms with E-state index in [0.29, 0.717) is 5.92 Å². The van der Waals surface area contributed by atoms with Gasteiger partial charge in [0, 0.05) is 45.0 Å². The van der Waals surface area contributed by atoms with E-state index in [1.54, 1.807) is 0 Å². The summed E-state index contributed by atoms with van der Waals surface area (Å²) < 4.78 is 10.2. The van der Waals surface area contributed by atoms with E-state index in [0.717, 1.165) is 67.6 Å². The van der Waals surface area contributed by atoms with Gasteiger partial charge < -0.3 is 13.6 Å². The second-order valence-corrected chi connectivity index (χ2v) is 22.5. The Morgan fingerprint density at radius 1 is 0.673 bits per heavy atom. The second-order valence-electron chi connectivity index (χ2n) is 17.4. The quantitative estimate of drug-likeness (QED) is 0.0925. The maximum atomic E-state index is 6.27. The number of pyridine rings is 2. The molecule has 0 unspecified atom stereocenters. The van der Waals surface area contributed by atoms with E-state index in [-0.39, 0.29) is 25.5 Å². The van der Waals surface area contributed by atoms with Gasteiger partial charge in [0.2, 0.25) is 0 Å². The molecule has 7 rings (SSSR count). The molecule has 0 saturated heterocycles. The van der Waals surface area contributed by atoms with Gasteiger partial charge in [0.25, 0.3) is 0 Å². The van der Waals surface area contributed by atoms with Crippen LogP contribution in [0, 0.1) is 40.3 Å². The largest absolute Gasteiger partial charge is 0.469 e. The van der Waals surface area contributed by atoms with Gasteiger partial charge in [-0.1, -0.05) is 131 Å². The molecule has 0 atom stereocenters. The smallest absolute Gasteiger partial charge is 0.134 e. The minimum Gasteiger partial charge on any atom is -0.469 e. The Bertz CT molecular complexity index is 2460. The molecule has 0 bridgehead atoms. The molecule has 0 aliphatic carbocycles. The minimum atomic E-state index is -1.30. The molecule has 287 valence electrons. The van der Waals surface area contributed by atoms with Gasteiger partial charge in [-0.05, 0) is 47.9 Å². The van der Waals surface area contributed by atoms with Crippen molar-refractivity contribution in [2.45, 2.75) is 73.5 Å². The van der Waals surface area contributed by atoms with Crippen LogP contribution in [-0.2, 0) is 26.5 Å². The summed E-state index contributed by atoms with van der Waals surface area (Å²) in [5.41, 5.74) is 14.6. The summed E-state index contributed by atoms with van der Waals surface area (Å²) in [6.07, 6.45) is 5.23. The molecule has 0 spiro atoms. The van der Waals surface area contributed by atoms with Gasteiger partial charge in [0.1, 0.15) is 5.58 Å². The summed E-state index contributed by atoms with van der Waals surface area (Å²) >= 11 is 0. The predicted molar refractivity (Wildman–Crippen MR) is 232 cm³/mol. The van der Waals surface area contributed by atoms with E-state index in [2.05, 4.69) is 186 Å². The summed E-state index contributed by atoms with van der Waals surface area (Å²) in [5.74, 6) is 0.528. The molecule has 7 aromatic rings. The third kappa shape index (κ3) is 9.41. The number of hydrogen-bond acceptors (Lipinski definition) is 1. The third-order valence-electron chi connectivity index (χ3n) is 10.2. The number of furan rings is 1. The molecule has 3 aromatic heterocycles. The Labute approximate surface area is 344 Å². The zero-order valence-electron chi connectivity index (χ0n) is 34.1. The van der Waals surface area contributed by atoms with Crippen molar-refractivity contribution in [1.82, 2.24) is 0 Å². The molecule has 55 heavy (non-hydrogen) atoms. The molecular weight excluding hydrogens is 865 g/mol.